The van der Waals surface area contributed by atoms with E-state index < -0.39 is 10.0 Å². The quantitative estimate of drug-likeness (QED) is 0.792. The smallest absolute Gasteiger partial charge is 0.255 e. The Bertz CT molecular complexity index is 888. The van der Waals surface area contributed by atoms with Gasteiger partial charge in [-0.25, -0.2) is 13.1 Å². The molecule has 1 aliphatic carbocycles. The molecule has 0 saturated heterocycles. The molecule has 0 heterocycles. The Morgan fingerprint density at radius 2 is 1.67 bits per heavy atom. The molecule has 0 unspecified atom stereocenters. The molecule has 7 heteroatoms. The number of carbonyl (C=O) groups excluding carboxylic acids is 1. The molecule has 27 heavy (non-hydrogen) atoms. The lowest BCUT2D eigenvalue weighted by molar-refractivity contribution is 0.102. The standard InChI is InChI=1S/C20H24N2O4S/c1-26-19-10-6-5-9-18(19)21-20(23)15-11-13-17(14-12-15)27(24,25)22-16-7-3-2-4-8-16/h5-6,9-14,16,22H,2-4,7-8H2,1H3,(H,21,23). The molecule has 1 amide bonds. The number of benzene rings is 2. The van der Waals surface area contributed by atoms with Gasteiger partial charge in [0, 0.05) is 11.6 Å². The zero-order chi connectivity index (χ0) is 19.3. The molecule has 1 fully saturated rings. The molecule has 3 rings (SSSR count). The van der Waals surface area contributed by atoms with Crippen molar-refractivity contribution in [3.05, 3.63) is 54.1 Å². The van der Waals surface area contributed by atoms with Gasteiger partial charge in [0.1, 0.15) is 5.75 Å². The molecular weight excluding hydrogens is 364 g/mol. The predicted octanol–water partition coefficient (Wildman–Crippen LogP) is 3.56. The van der Waals surface area contributed by atoms with Gasteiger partial charge in [-0.05, 0) is 49.2 Å². The van der Waals surface area contributed by atoms with Crippen molar-refractivity contribution in [2.45, 2.75) is 43.0 Å². The summed E-state index contributed by atoms with van der Waals surface area (Å²) in [6, 6.07) is 13.0. The fourth-order valence-electron chi connectivity index (χ4n) is 3.24. The third-order valence-electron chi connectivity index (χ3n) is 4.71. The zero-order valence-corrected chi connectivity index (χ0v) is 16.1. The van der Waals surface area contributed by atoms with Gasteiger partial charge in [0.15, 0.2) is 0 Å². The van der Waals surface area contributed by atoms with Crippen molar-refractivity contribution < 1.29 is 17.9 Å². The van der Waals surface area contributed by atoms with Crippen LogP contribution >= 0.6 is 0 Å². The number of rotatable bonds is 6. The first-order valence-electron chi connectivity index (χ1n) is 9.06. The van der Waals surface area contributed by atoms with Crippen LogP contribution in [0.4, 0.5) is 5.69 Å². The molecule has 0 aromatic heterocycles. The topological polar surface area (TPSA) is 84.5 Å². The van der Waals surface area contributed by atoms with Gasteiger partial charge in [0.25, 0.3) is 5.91 Å². The Labute approximate surface area is 160 Å². The summed E-state index contributed by atoms with van der Waals surface area (Å²) in [7, 11) is -2.04. The van der Waals surface area contributed by atoms with E-state index in [-0.39, 0.29) is 16.8 Å². The third-order valence-corrected chi connectivity index (χ3v) is 6.25. The molecule has 6 nitrogen and oxygen atoms in total. The number of hydrogen-bond acceptors (Lipinski definition) is 4. The molecule has 0 aliphatic heterocycles. The number of anilines is 1. The number of ether oxygens (including phenoxy) is 1. The third kappa shape index (κ3) is 4.87. The van der Waals surface area contributed by atoms with Crippen LogP contribution in [0.3, 0.4) is 0 Å². The van der Waals surface area contributed by atoms with Crippen LogP contribution in [0.1, 0.15) is 42.5 Å². The molecule has 1 aliphatic rings. The van der Waals surface area contributed by atoms with Crippen molar-refractivity contribution in [1.29, 1.82) is 0 Å². The number of amides is 1. The van der Waals surface area contributed by atoms with Crippen LogP contribution in [-0.2, 0) is 10.0 Å². The summed E-state index contributed by atoms with van der Waals surface area (Å²) in [6.07, 6.45) is 5.01. The largest absolute Gasteiger partial charge is 0.495 e. The monoisotopic (exact) mass is 388 g/mol. The molecule has 2 aromatic carbocycles. The summed E-state index contributed by atoms with van der Waals surface area (Å²) < 4.78 is 33.0. The van der Waals surface area contributed by atoms with Gasteiger partial charge in [-0.1, -0.05) is 31.4 Å². The maximum atomic E-state index is 12.5. The first-order valence-corrected chi connectivity index (χ1v) is 10.5. The Kier molecular flexibility index (Phi) is 6.13. The van der Waals surface area contributed by atoms with Gasteiger partial charge in [0.2, 0.25) is 10.0 Å². The summed E-state index contributed by atoms with van der Waals surface area (Å²) in [5.41, 5.74) is 0.929. The summed E-state index contributed by atoms with van der Waals surface area (Å²) in [4.78, 5) is 12.6. The number of para-hydroxylation sites is 2. The van der Waals surface area contributed by atoms with Gasteiger partial charge in [-0.2, -0.15) is 0 Å². The van der Waals surface area contributed by atoms with Gasteiger partial charge in [-0.3, -0.25) is 4.79 Å². The minimum atomic E-state index is -3.57. The first-order chi connectivity index (χ1) is 13.0. The van der Waals surface area contributed by atoms with Crippen molar-refractivity contribution in [2.24, 2.45) is 0 Å². The van der Waals surface area contributed by atoms with Crippen LogP contribution in [0.25, 0.3) is 0 Å². The van der Waals surface area contributed by atoms with E-state index in [1.807, 2.05) is 6.07 Å². The number of methoxy groups -OCH3 is 1. The van der Waals surface area contributed by atoms with E-state index in [0.29, 0.717) is 17.0 Å². The highest BCUT2D eigenvalue weighted by molar-refractivity contribution is 7.89. The van der Waals surface area contributed by atoms with E-state index in [1.54, 1.807) is 18.2 Å². The van der Waals surface area contributed by atoms with Crippen LogP contribution in [0.2, 0.25) is 0 Å². The van der Waals surface area contributed by atoms with Crippen LogP contribution in [0.5, 0.6) is 5.75 Å². The second-order valence-electron chi connectivity index (χ2n) is 6.64. The summed E-state index contributed by atoms with van der Waals surface area (Å²) in [6.45, 7) is 0. The second kappa shape index (κ2) is 8.54. The minimum Gasteiger partial charge on any atom is -0.495 e. The second-order valence-corrected chi connectivity index (χ2v) is 8.35. The van der Waals surface area contributed by atoms with Crippen LogP contribution in [0, 0.1) is 0 Å². The average Bonchev–Trinajstić information content (AvgIpc) is 2.69. The normalized spacial score (nSPS) is 15.3. The number of carbonyl (C=O) groups is 1. The van der Waals surface area contributed by atoms with E-state index in [9.17, 15) is 13.2 Å². The lowest BCUT2D eigenvalue weighted by Gasteiger charge is -2.22. The number of sulfonamides is 1. The fourth-order valence-corrected chi connectivity index (χ4v) is 4.54. The molecule has 0 spiro atoms. The summed E-state index contributed by atoms with van der Waals surface area (Å²) in [5, 5.41) is 2.77. The van der Waals surface area contributed by atoms with E-state index in [0.717, 1.165) is 32.1 Å². The Hall–Kier alpha value is -2.38. The van der Waals surface area contributed by atoms with Crippen molar-refractivity contribution in [1.82, 2.24) is 4.72 Å². The van der Waals surface area contributed by atoms with Crippen LogP contribution in [-0.4, -0.2) is 27.5 Å². The SMILES string of the molecule is COc1ccccc1NC(=O)c1ccc(S(=O)(=O)NC2CCCCC2)cc1. The Morgan fingerprint density at radius 1 is 1.00 bits per heavy atom. The maximum absolute atomic E-state index is 12.5. The molecule has 144 valence electrons. The highest BCUT2D eigenvalue weighted by Gasteiger charge is 2.22. The van der Waals surface area contributed by atoms with Gasteiger partial charge in [-0.15, -0.1) is 0 Å². The van der Waals surface area contributed by atoms with E-state index in [2.05, 4.69) is 10.0 Å². The van der Waals surface area contributed by atoms with Gasteiger partial charge < -0.3 is 10.1 Å². The van der Waals surface area contributed by atoms with Crippen LogP contribution < -0.4 is 14.8 Å². The number of nitrogens with one attached hydrogen (secondary N) is 2. The molecule has 0 radical (unpaired) electrons. The van der Waals surface area contributed by atoms with E-state index in [4.69, 9.17) is 4.74 Å². The minimum absolute atomic E-state index is 0.00253. The summed E-state index contributed by atoms with van der Waals surface area (Å²) in [5.74, 6) is 0.227. The zero-order valence-electron chi connectivity index (χ0n) is 15.3. The van der Waals surface area contributed by atoms with Crippen molar-refractivity contribution in [3.8, 4) is 5.75 Å². The highest BCUT2D eigenvalue weighted by Crippen LogP contribution is 2.24. The molecule has 2 aromatic rings. The number of hydrogen-bond donors (Lipinski definition) is 2. The first kappa shape index (κ1) is 19.4. The molecule has 1 saturated carbocycles. The highest BCUT2D eigenvalue weighted by atomic mass is 32.2. The summed E-state index contributed by atoms with van der Waals surface area (Å²) >= 11 is 0. The Morgan fingerprint density at radius 3 is 2.33 bits per heavy atom. The lowest BCUT2D eigenvalue weighted by atomic mass is 9.96. The average molecular weight is 388 g/mol. The van der Waals surface area contributed by atoms with Crippen molar-refractivity contribution in [2.75, 3.05) is 12.4 Å². The molecule has 0 bridgehead atoms. The lowest BCUT2D eigenvalue weighted by Crippen LogP contribution is -2.36. The van der Waals surface area contributed by atoms with Gasteiger partial charge in [0.05, 0.1) is 17.7 Å². The Balaban J connectivity index is 1.69. The van der Waals surface area contributed by atoms with Crippen molar-refractivity contribution in [3.63, 3.8) is 0 Å². The maximum Gasteiger partial charge on any atom is 0.255 e. The molecule has 2 N–H and O–H groups in total. The molecule has 0 atom stereocenters. The predicted molar refractivity (Wildman–Crippen MR) is 105 cm³/mol. The molecular formula is C20H24N2O4S. The van der Waals surface area contributed by atoms with E-state index in [1.165, 1.54) is 31.4 Å². The van der Waals surface area contributed by atoms with E-state index >= 15 is 0 Å². The van der Waals surface area contributed by atoms with Crippen molar-refractivity contribution >= 4 is 21.6 Å². The van der Waals surface area contributed by atoms with Gasteiger partial charge >= 0.3 is 0 Å². The van der Waals surface area contributed by atoms with Crippen LogP contribution in [0.15, 0.2) is 53.4 Å². The fraction of sp³-hybridized carbons (Fsp3) is 0.350.